The van der Waals surface area contributed by atoms with Gasteiger partial charge in [-0.05, 0) is 0 Å². The monoisotopic (exact) mass is 148 g/mol. The Bertz CT molecular complexity index is 7.61. The fraction of sp³-hybridized carbons (Fsp3) is 0. The van der Waals surface area contributed by atoms with E-state index in [2.05, 4.69) is 0 Å². The molecule has 0 unspecified atom stereocenters. The minimum Gasteiger partial charge on any atom is -1.00 e. The van der Waals surface area contributed by atoms with Crippen LogP contribution in [-0.2, 0) is 21.7 Å². The van der Waals surface area contributed by atoms with Crippen LogP contribution in [-0.4, -0.2) is 0 Å². The van der Waals surface area contributed by atoms with E-state index in [-0.39, 0.29) is 61.4 Å². The van der Waals surface area contributed by atoms with Gasteiger partial charge in [-0.25, -0.2) is 0 Å². The molecule has 0 nitrogen and oxygen atoms in total. The fourth-order valence-corrected chi connectivity index (χ4v) is 0. The van der Waals surface area contributed by atoms with Gasteiger partial charge in [0.05, 0.1) is 0 Å². The van der Waals surface area contributed by atoms with E-state index < -0.39 is 0 Å². The number of hydrogen-bond donors (Lipinski definition) is 0. The summed E-state index contributed by atoms with van der Waals surface area (Å²) in [4.78, 5) is 0. The van der Waals surface area contributed by atoms with E-state index in [1.807, 2.05) is 0 Å². The van der Waals surface area contributed by atoms with Crippen LogP contribution in [0.2, 0.25) is 0 Å². The van der Waals surface area contributed by atoms with Gasteiger partial charge in [-0.2, -0.15) is 0 Å². The van der Waals surface area contributed by atoms with Crippen LogP contribution in [0.4, 0.5) is 0 Å². The van der Waals surface area contributed by atoms with Gasteiger partial charge in [-0.1, -0.05) is 0 Å². The molecule has 0 aliphatic carbocycles. The molecule has 32 valence electrons. The number of rotatable bonds is 0. The van der Waals surface area contributed by atoms with Gasteiger partial charge in [0, 0.05) is 0 Å². The third kappa shape index (κ3) is 34.3. The second-order valence-corrected chi connectivity index (χ2v) is 0. The molecule has 0 amide bonds. The molecule has 0 heterocycles. The van der Waals surface area contributed by atoms with Crippen molar-refractivity contribution in [3.8, 4) is 0 Å². The first-order valence-electron chi connectivity index (χ1n) is 0. The molecule has 0 bridgehead atoms. The molecule has 0 aliphatic rings. The molecule has 0 atom stereocenters. The van der Waals surface area contributed by atoms with Crippen molar-refractivity contribution in [2.75, 3.05) is 0 Å². The number of halogens is 2. The van der Waals surface area contributed by atoms with Crippen LogP contribution in [0.25, 0.3) is 0 Å². The summed E-state index contributed by atoms with van der Waals surface area (Å²) in [5.41, 5.74) is 0. The molecule has 0 N–H and O–H groups in total. The summed E-state index contributed by atoms with van der Waals surface area (Å²) in [5, 5.41) is 0. The maximum Gasteiger partial charge on any atom is 4.00 e. The Morgan fingerprint density at radius 1 is 0.600 bits per heavy atom. The first-order chi connectivity index (χ1) is 0. The van der Waals surface area contributed by atoms with E-state index in [1.165, 1.54) is 0 Å². The normalized spacial score (nSPS) is 0. The average molecular weight is 149 g/mol. The van der Waals surface area contributed by atoms with Crippen molar-refractivity contribution in [2.24, 2.45) is 0 Å². The predicted molar refractivity (Wildman–Crippen MR) is 12.8 cm³/mol. The van der Waals surface area contributed by atoms with Gasteiger partial charge >= 0.3 is 21.7 Å². The van der Waals surface area contributed by atoms with Crippen LogP contribution in [0.15, 0.2) is 0 Å². The third-order valence-electron chi connectivity index (χ3n) is 0. The summed E-state index contributed by atoms with van der Waals surface area (Å²) in [7, 11) is 0. The SMILES string of the molecule is [CH3-].[CH3-].[Cl-].[Cl-].[Ti+4]. The summed E-state index contributed by atoms with van der Waals surface area (Å²) in [5.74, 6) is 0. The van der Waals surface area contributed by atoms with Gasteiger partial charge in [0.25, 0.3) is 0 Å². The van der Waals surface area contributed by atoms with Crippen molar-refractivity contribution < 1.29 is 46.5 Å². The van der Waals surface area contributed by atoms with Crippen molar-refractivity contribution in [1.82, 2.24) is 0 Å². The quantitative estimate of drug-likeness (QED) is 0.238. The molecule has 0 radical (unpaired) electrons. The van der Waals surface area contributed by atoms with Crippen LogP contribution in [0.1, 0.15) is 0 Å². The Morgan fingerprint density at radius 3 is 0.600 bits per heavy atom. The van der Waals surface area contributed by atoms with Crippen molar-refractivity contribution >= 4 is 0 Å². The largest absolute Gasteiger partial charge is 4.00 e. The van der Waals surface area contributed by atoms with Gasteiger partial charge in [0.1, 0.15) is 0 Å². The van der Waals surface area contributed by atoms with Crippen LogP contribution in [0.5, 0.6) is 0 Å². The van der Waals surface area contributed by atoms with Crippen molar-refractivity contribution in [2.45, 2.75) is 0 Å². The van der Waals surface area contributed by atoms with Crippen molar-refractivity contribution in [3.05, 3.63) is 14.9 Å². The number of hydrogen-bond acceptors (Lipinski definition) is 0. The van der Waals surface area contributed by atoms with Gasteiger partial charge in [-0.15, -0.1) is 0 Å². The van der Waals surface area contributed by atoms with E-state index >= 15 is 0 Å². The first kappa shape index (κ1) is 105. The molecule has 0 spiro atoms. The fourth-order valence-electron chi connectivity index (χ4n) is 0. The second kappa shape index (κ2) is 58.3. The molecule has 0 saturated carbocycles. The standard InChI is InChI=1S/2CH3.2ClH.Ti/h2*1H3;2*1H;/q2*-1;;;+4/p-2. The van der Waals surface area contributed by atoms with Gasteiger partial charge in [0.2, 0.25) is 0 Å². The zero-order valence-electron chi connectivity index (χ0n) is 3.26. The molecule has 0 aliphatic heterocycles. The van der Waals surface area contributed by atoms with Crippen LogP contribution < -0.4 is 24.8 Å². The van der Waals surface area contributed by atoms with E-state index in [4.69, 9.17) is 0 Å². The first-order valence-corrected chi connectivity index (χ1v) is 0. The van der Waals surface area contributed by atoms with Crippen LogP contribution in [0, 0.1) is 14.9 Å². The Labute approximate surface area is 61.4 Å². The van der Waals surface area contributed by atoms with Crippen LogP contribution >= 0.6 is 0 Å². The Balaban J connectivity index is 0. The molecule has 0 aromatic rings. The third-order valence-corrected chi connectivity index (χ3v) is 0. The second-order valence-electron chi connectivity index (χ2n) is 0. The Kier molecular flexibility index (Phi) is 1230. The Hall–Kier alpha value is 1.29. The minimum atomic E-state index is 0. The molecule has 0 fully saturated rings. The van der Waals surface area contributed by atoms with Gasteiger partial charge in [0.15, 0.2) is 0 Å². The average Bonchev–Trinajstić information content (AvgIpc) is 0. The zero-order valence-corrected chi connectivity index (χ0v) is 6.33. The van der Waals surface area contributed by atoms with Crippen molar-refractivity contribution in [3.63, 3.8) is 0 Å². The van der Waals surface area contributed by atoms with E-state index in [0.717, 1.165) is 0 Å². The molecular weight excluding hydrogens is 143 g/mol. The maximum absolute atomic E-state index is 0. The summed E-state index contributed by atoms with van der Waals surface area (Å²) in [6, 6.07) is 0. The topological polar surface area (TPSA) is 0 Å². The van der Waals surface area contributed by atoms with E-state index in [0.29, 0.717) is 0 Å². The Morgan fingerprint density at radius 2 is 0.600 bits per heavy atom. The summed E-state index contributed by atoms with van der Waals surface area (Å²) in [6.45, 7) is 0. The summed E-state index contributed by atoms with van der Waals surface area (Å²) < 4.78 is 0. The molecular formula is C2H6Cl2Ti. The smallest absolute Gasteiger partial charge is 1.00 e. The minimum absolute atomic E-state index is 0. The molecule has 3 heteroatoms. The molecule has 0 aromatic carbocycles. The van der Waals surface area contributed by atoms with Gasteiger partial charge in [-0.3, -0.25) is 0 Å². The molecule has 0 aromatic heterocycles. The summed E-state index contributed by atoms with van der Waals surface area (Å²) >= 11 is 0. The van der Waals surface area contributed by atoms with Gasteiger partial charge < -0.3 is 39.7 Å². The predicted octanol–water partition coefficient (Wildman–Crippen LogP) is -5.09. The maximum atomic E-state index is 0. The van der Waals surface area contributed by atoms with E-state index in [1.54, 1.807) is 0 Å². The van der Waals surface area contributed by atoms with Crippen LogP contribution in [0.3, 0.4) is 0 Å². The molecule has 5 heavy (non-hydrogen) atoms. The molecule has 0 rings (SSSR count). The zero-order chi connectivity index (χ0) is 0. The van der Waals surface area contributed by atoms with Crippen molar-refractivity contribution in [1.29, 1.82) is 0 Å². The molecule has 0 saturated heterocycles. The summed E-state index contributed by atoms with van der Waals surface area (Å²) in [6.07, 6.45) is 0. The van der Waals surface area contributed by atoms with E-state index in [9.17, 15) is 0 Å².